The highest BCUT2D eigenvalue weighted by atomic mass is 32.2. The molecule has 0 amide bonds. The molecule has 2 heterocycles. The van der Waals surface area contributed by atoms with Crippen molar-refractivity contribution in [2.24, 2.45) is 5.73 Å². The predicted molar refractivity (Wildman–Crippen MR) is 84.5 cm³/mol. The minimum Gasteiger partial charge on any atom is -0.465 e. The molecule has 2 aromatic rings. The van der Waals surface area contributed by atoms with Crippen molar-refractivity contribution in [3.05, 3.63) is 45.8 Å². The molecule has 0 radical (unpaired) electrons. The Hall–Kier alpha value is -1.53. The lowest BCUT2D eigenvalue weighted by atomic mass is 10.2. The average Bonchev–Trinajstić information content (AvgIpc) is 2.82. The van der Waals surface area contributed by atoms with E-state index in [0.29, 0.717) is 5.16 Å². The molecule has 6 heteroatoms. The Morgan fingerprint density at radius 3 is 2.81 bits per heavy atom. The van der Waals surface area contributed by atoms with Crippen LogP contribution in [0.3, 0.4) is 0 Å². The fourth-order valence-corrected chi connectivity index (χ4v) is 3.10. The number of furan rings is 1. The van der Waals surface area contributed by atoms with Gasteiger partial charge in [-0.1, -0.05) is 25.1 Å². The maximum absolute atomic E-state index is 11.7. The highest BCUT2D eigenvalue weighted by molar-refractivity contribution is 7.99. The second kappa shape index (κ2) is 6.95. The van der Waals surface area contributed by atoms with E-state index in [1.54, 1.807) is 6.07 Å². The maximum Gasteiger partial charge on any atom is 0.251 e. The van der Waals surface area contributed by atoms with Crippen molar-refractivity contribution in [2.45, 2.75) is 50.1 Å². The highest BCUT2D eigenvalue weighted by Crippen LogP contribution is 2.35. The number of rotatable bonds is 6. The van der Waals surface area contributed by atoms with Crippen LogP contribution >= 0.6 is 11.8 Å². The SMILES string of the molecule is CCCc1cc(=O)[nH]c(SC(c2ccc(C)o2)C(C)N)n1. The predicted octanol–water partition coefficient (Wildman–Crippen LogP) is 2.80. The van der Waals surface area contributed by atoms with Gasteiger partial charge in [0.1, 0.15) is 11.5 Å². The first kappa shape index (κ1) is 15.9. The molecule has 0 aromatic carbocycles. The fraction of sp³-hybridized carbons (Fsp3) is 0.467. The van der Waals surface area contributed by atoms with Gasteiger partial charge in [0.15, 0.2) is 5.16 Å². The van der Waals surface area contributed by atoms with Crippen LogP contribution in [0.4, 0.5) is 0 Å². The molecule has 5 nitrogen and oxygen atoms in total. The summed E-state index contributed by atoms with van der Waals surface area (Å²) in [6, 6.07) is 5.26. The minimum atomic E-state index is -0.130. The summed E-state index contributed by atoms with van der Waals surface area (Å²) in [5.74, 6) is 1.65. The lowest BCUT2D eigenvalue weighted by molar-refractivity contribution is 0.464. The first-order valence-corrected chi connectivity index (χ1v) is 7.96. The Bertz CT molecular complexity index is 648. The molecule has 0 spiro atoms. The van der Waals surface area contributed by atoms with Gasteiger partial charge in [0.25, 0.3) is 5.56 Å². The molecule has 0 aliphatic carbocycles. The normalized spacial score (nSPS) is 14.1. The number of hydrogen-bond acceptors (Lipinski definition) is 5. The van der Waals surface area contributed by atoms with E-state index in [1.165, 1.54) is 11.8 Å². The molecule has 0 aliphatic heterocycles. The maximum atomic E-state index is 11.7. The summed E-state index contributed by atoms with van der Waals surface area (Å²) in [6.07, 6.45) is 1.74. The summed E-state index contributed by atoms with van der Waals surface area (Å²) >= 11 is 1.43. The molecule has 0 aliphatic rings. The van der Waals surface area contributed by atoms with Crippen LogP contribution in [0.5, 0.6) is 0 Å². The van der Waals surface area contributed by atoms with Crippen LogP contribution in [-0.2, 0) is 6.42 Å². The van der Waals surface area contributed by atoms with Gasteiger partial charge in [-0.25, -0.2) is 4.98 Å². The molecule has 2 aromatic heterocycles. The summed E-state index contributed by atoms with van der Waals surface area (Å²) < 4.78 is 5.67. The van der Waals surface area contributed by atoms with Crippen molar-refractivity contribution in [2.75, 3.05) is 0 Å². The van der Waals surface area contributed by atoms with E-state index < -0.39 is 0 Å². The molecule has 2 unspecified atom stereocenters. The quantitative estimate of drug-likeness (QED) is 0.633. The van der Waals surface area contributed by atoms with Crippen molar-refractivity contribution in [1.29, 1.82) is 0 Å². The fourth-order valence-electron chi connectivity index (χ4n) is 2.07. The van der Waals surface area contributed by atoms with Crippen LogP contribution in [-0.4, -0.2) is 16.0 Å². The van der Waals surface area contributed by atoms with Gasteiger partial charge in [0.05, 0.1) is 5.25 Å². The number of nitrogens with zero attached hydrogens (tertiary/aromatic N) is 1. The van der Waals surface area contributed by atoms with E-state index in [-0.39, 0.29) is 16.9 Å². The second-order valence-electron chi connectivity index (χ2n) is 5.14. The smallest absolute Gasteiger partial charge is 0.251 e. The number of nitrogens with two attached hydrogens (primary N) is 1. The van der Waals surface area contributed by atoms with Crippen molar-refractivity contribution < 1.29 is 4.42 Å². The lowest BCUT2D eigenvalue weighted by Gasteiger charge is -2.17. The van der Waals surface area contributed by atoms with Crippen molar-refractivity contribution in [1.82, 2.24) is 9.97 Å². The number of nitrogens with one attached hydrogen (secondary N) is 1. The number of aromatic amines is 1. The van der Waals surface area contributed by atoms with Crippen LogP contribution in [0.25, 0.3) is 0 Å². The largest absolute Gasteiger partial charge is 0.465 e. The van der Waals surface area contributed by atoms with Gasteiger partial charge in [0, 0.05) is 17.8 Å². The van der Waals surface area contributed by atoms with Gasteiger partial charge in [-0.05, 0) is 32.4 Å². The highest BCUT2D eigenvalue weighted by Gasteiger charge is 2.22. The summed E-state index contributed by atoms with van der Waals surface area (Å²) in [6.45, 7) is 5.88. The zero-order chi connectivity index (χ0) is 15.4. The summed E-state index contributed by atoms with van der Waals surface area (Å²) in [7, 11) is 0. The van der Waals surface area contributed by atoms with Crippen molar-refractivity contribution in [3.8, 4) is 0 Å². The number of aromatic nitrogens is 2. The zero-order valence-electron chi connectivity index (χ0n) is 12.6. The van der Waals surface area contributed by atoms with Gasteiger partial charge in [-0.3, -0.25) is 4.79 Å². The van der Waals surface area contributed by atoms with Gasteiger partial charge >= 0.3 is 0 Å². The molecule has 21 heavy (non-hydrogen) atoms. The van der Waals surface area contributed by atoms with Crippen molar-refractivity contribution >= 4 is 11.8 Å². The molecule has 0 bridgehead atoms. The Morgan fingerprint density at radius 2 is 2.24 bits per heavy atom. The molecule has 114 valence electrons. The van der Waals surface area contributed by atoms with Gasteiger partial charge in [-0.15, -0.1) is 0 Å². The van der Waals surface area contributed by atoms with E-state index >= 15 is 0 Å². The molecule has 0 saturated carbocycles. The molecule has 2 atom stereocenters. The van der Waals surface area contributed by atoms with Crippen LogP contribution in [0.15, 0.2) is 32.6 Å². The Balaban J connectivity index is 2.27. The third-order valence-corrected chi connectivity index (χ3v) is 4.37. The first-order chi connectivity index (χ1) is 9.99. The zero-order valence-corrected chi connectivity index (χ0v) is 13.4. The Kier molecular flexibility index (Phi) is 5.25. The third kappa shape index (κ3) is 4.22. The second-order valence-corrected chi connectivity index (χ2v) is 6.27. The molecular weight excluding hydrogens is 286 g/mol. The summed E-state index contributed by atoms with van der Waals surface area (Å²) in [5, 5.41) is 0.501. The minimum absolute atomic E-state index is 0.0845. The number of H-pyrrole nitrogens is 1. The number of hydrogen-bond donors (Lipinski definition) is 2. The van der Waals surface area contributed by atoms with Crippen LogP contribution < -0.4 is 11.3 Å². The summed E-state index contributed by atoms with van der Waals surface area (Å²) in [4.78, 5) is 19.0. The van der Waals surface area contributed by atoms with Crippen LogP contribution in [0.2, 0.25) is 0 Å². The van der Waals surface area contributed by atoms with E-state index in [9.17, 15) is 4.79 Å². The number of aryl methyl sites for hydroxylation is 2. The van der Waals surface area contributed by atoms with Gasteiger partial charge in [0.2, 0.25) is 0 Å². The van der Waals surface area contributed by atoms with E-state index in [4.69, 9.17) is 10.2 Å². The van der Waals surface area contributed by atoms with Crippen LogP contribution in [0.1, 0.15) is 42.7 Å². The van der Waals surface area contributed by atoms with Gasteiger partial charge in [-0.2, -0.15) is 0 Å². The molecule has 0 saturated heterocycles. The standard InChI is InChI=1S/C15H21N3O2S/c1-4-5-11-8-13(19)18-15(17-11)21-14(10(3)16)12-7-6-9(2)20-12/h6-8,10,14H,4-5,16H2,1-3H3,(H,17,18,19). The summed E-state index contributed by atoms with van der Waals surface area (Å²) in [5.41, 5.74) is 6.74. The van der Waals surface area contributed by atoms with Crippen molar-refractivity contribution in [3.63, 3.8) is 0 Å². The van der Waals surface area contributed by atoms with E-state index in [0.717, 1.165) is 30.1 Å². The third-order valence-electron chi connectivity index (χ3n) is 3.04. The molecule has 2 rings (SSSR count). The van der Waals surface area contributed by atoms with Gasteiger partial charge < -0.3 is 15.1 Å². The monoisotopic (exact) mass is 307 g/mol. The van der Waals surface area contributed by atoms with E-state index in [1.807, 2.05) is 26.0 Å². The Labute approximate surface area is 128 Å². The molecule has 3 N–H and O–H groups in total. The molecule has 0 fully saturated rings. The lowest BCUT2D eigenvalue weighted by Crippen LogP contribution is -2.23. The van der Waals surface area contributed by atoms with E-state index in [2.05, 4.69) is 16.9 Å². The Morgan fingerprint density at radius 1 is 1.48 bits per heavy atom. The average molecular weight is 307 g/mol. The molecular formula is C15H21N3O2S. The number of thioether (sulfide) groups is 1. The van der Waals surface area contributed by atoms with Crippen LogP contribution in [0, 0.1) is 6.92 Å². The first-order valence-electron chi connectivity index (χ1n) is 7.08. The topological polar surface area (TPSA) is 84.9 Å².